The van der Waals surface area contributed by atoms with Crippen LogP contribution in [0.2, 0.25) is 0 Å². The number of nitriles is 1. The summed E-state index contributed by atoms with van der Waals surface area (Å²) in [6, 6.07) is 46.7. The molecule has 4 aromatic heterocycles. The van der Waals surface area contributed by atoms with Gasteiger partial charge in [0.1, 0.15) is 11.7 Å². The second kappa shape index (κ2) is 10.8. The third kappa shape index (κ3) is 4.40. The molecule has 9 rings (SSSR count). The topological polar surface area (TPSA) is 64.4 Å². The van der Waals surface area contributed by atoms with Gasteiger partial charge in [-0.1, -0.05) is 112 Å². The van der Waals surface area contributed by atoms with Crippen LogP contribution in [0.5, 0.6) is 0 Å². The van der Waals surface area contributed by atoms with Crippen molar-refractivity contribution in [1.82, 2.24) is 23.7 Å². The van der Waals surface area contributed by atoms with E-state index >= 15 is 0 Å². The Labute approximate surface area is 283 Å². The zero-order valence-corrected chi connectivity index (χ0v) is 27.5. The Hall–Kier alpha value is -6.45. The van der Waals surface area contributed by atoms with Crippen molar-refractivity contribution < 1.29 is 0 Å². The minimum absolute atomic E-state index is 0.0468. The Bertz CT molecular complexity index is 2750. The van der Waals surface area contributed by atoms with Crippen LogP contribution in [0.1, 0.15) is 31.9 Å². The summed E-state index contributed by atoms with van der Waals surface area (Å²) in [6.45, 7) is 6.66. The summed E-state index contributed by atoms with van der Waals surface area (Å²) < 4.78 is 6.39. The molecule has 0 fully saturated rings. The summed E-state index contributed by atoms with van der Waals surface area (Å²) in [5.74, 6) is 0.708. The molecule has 0 aliphatic heterocycles. The number of imidazole rings is 1. The fourth-order valence-corrected chi connectivity index (χ4v) is 7.20. The second-order valence-corrected chi connectivity index (χ2v) is 13.5. The van der Waals surface area contributed by atoms with Gasteiger partial charge < -0.3 is 0 Å². The molecule has 0 bridgehead atoms. The molecule has 0 spiro atoms. The largest absolute Gasteiger partial charge is 0.294 e. The summed E-state index contributed by atoms with van der Waals surface area (Å²) >= 11 is 0. The first-order valence-corrected chi connectivity index (χ1v) is 16.5. The van der Waals surface area contributed by atoms with Gasteiger partial charge in [0.05, 0.1) is 16.6 Å². The van der Waals surface area contributed by atoms with Crippen molar-refractivity contribution in [3.63, 3.8) is 0 Å². The Kier molecular flexibility index (Phi) is 6.33. The average Bonchev–Trinajstić information content (AvgIpc) is 3.83. The molecule has 0 unspecified atom stereocenters. The summed E-state index contributed by atoms with van der Waals surface area (Å²) in [4.78, 5) is 10.4. The molecule has 0 amide bonds. The van der Waals surface area contributed by atoms with E-state index in [-0.39, 0.29) is 5.41 Å². The Morgan fingerprint density at radius 1 is 0.612 bits per heavy atom. The minimum atomic E-state index is 0.0468. The molecule has 0 N–H and O–H groups in total. The van der Waals surface area contributed by atoms with Crippen molar-refractivity contribution >= 4 is 43.9 Å². The first-order chi connectivity index (χ1) is 23.9. The molecule has 0 atom stereocenters. The van der Waals surface area contributed by atoms with Gasteiger partial charge in [-0.3, -0.25) is 13.7 Å². The van der Waals surface area contributed by atoms with Gasteiger partial charge in [0.2, 0.25) is 5.95 Å². The number of rotatable bonds is 4. The molecule has 0 saturated carbocycles. The monoisotopic (exact) mass is 632 g/mol. The highest BCUT2D eigenvalue weighted by atomic mass is 15.3. The lowest BCUT2D eigenvalue weighted by atomic mass is 9.87. The lowest BCUT2D eigenvalue weighted by molar-refractivity contribution is 0.590. The third-order valence-electron chi connectivity index (χ3n) is 9.57. The van der Waals surface area contributed by atoms with Crippen LogP contribution >= 0.6 is 0 Å². The van der Waals surface area contributed by atoms with Crippen LogP contribution in [-0.4, -0.2) is 23.7 Å². The lowest BCUT2D eigenvalue weighted by Crippen LogP contribution is -2.11. The van der Waals surface area contributed by atoms with Crippen molar-refractivity contribution in [1.29, 1.82) is 5.26 Å². The van der Waals surface area contributed by atoms with Crippen LogP contribution < -0.4 is 0 Å². The number of hydrogen-bond acceptors (Lipinski definition) is 3. The van der Waals surface area contributed by atoms with E-state index in [1.807, 2.05) is 42.7 Å². The van der Waals surface area contributed by atoms with E-state index in [0.29, 0.717) is 17.2 Å². The van der Waals surface area contributed by atoms with Gasteiger partial charge in [-0.05, 0) is 58.5 Å². The zero-order chi connectivity index (χ0) is 33.3. The van der Waals surface area contributed by atoms with Crippen LogP contribution in [0, 0.1) is 11.3 Å². The molecule has 6 nitrogen and oxygen atoms in total. The van der Waals surface area contributed by atoms with E-state index in [9.17, 15) is 5.26 Å². The molecule has 234 valence electrons. The molecule has 49 heavy (non-hydrogen) atoms. The zero-order valence-electron chi connectivity index (χ0n) is 27.5. The molecule has 0 aliphatic rings. The number of fused-ring (bicyclic) bond motifs is 6. The number of pyridine rings is 1. The van der Waals surface area contributed by atoms with Crippen LogP contribution in [0.4, 0.5) is 0 Å². The molecular formula is C43H32N6. The third-order valence-corrected chi connectivity index (χ3v) is 9.57. The predicted octanol–water partition coefficient (Wildman–Crippen LogP) is 10.3. The second-order valence-electron chi connectivity index (χ2n) is 13.5. The quantitative estimate of drug-likeness (QED) is 0.194. The molecule has 0 saturated heterocycles. The van der Waals surface area contributed by atoms with Gasteiger partial charge in [0, 0.05) is 45.3 Å². The van der Waals surface area contributed by atoms with E-state index in [2.05, 4.69) is 138 Å². The average molecular weight is 633 g/mol. The number of nitrogens with zero attached hydrogens (tertiary/aromatic N) is 6. The van der Waals surface area contributed by atoms with E-state index in [0.717, 1.165) is 60.7 Å². The summed E-state index contributed by atoms with van der Waals surface area (Å²) in [7, 11) is 0. The van der Waals surface area contributed by atoms with Gasteiger partial charge >= 0.3 is 0 Å². The molecule has 4 heterocycles. The van der Waals surface area contributed by atoms with Crippen LogP contribution in [0.25, 0.3) is 72.3 Å². The van der Waals surface area contributed by atoms with Crippen molar-refractivity contribution in [2.24, 2.45) is 0 Å². The minimum Gasteiger partial charge on any atom is -0.294 e. The molecule has 9 aromatic rings. The Balaban J connectivity index is 1.37. The fraction of sp³-hybridized carbons (Fsp3) is 0.0930. The van der Waals surface area contributed by atoms with Gasteiger partial charge in [-0.2, -0.15) is 5.26 Å². The van der Waals surface area contributed by atoms with Crippen LogP contribution in [-0.2, 0) is 5.41 Å². The van der Waals surface area contributed by atoms with Gasteiger partial charge in [0.25, 0.3) is 0 Å². The van der Waals surface area contributed by atoms with Crippen molar-refractivity contribution in [3.8, 4) is 34.5 Å². The van der Waals surface area contributed by atoms with Crippen molar-refractivity contribution in [3.05, 3.63) is 151 Å². The summed E-state index contributed by atoms with van der Waals surface area (Å²) in [5.41, 5.74) is 9.50. The molecular weight excluding hydrogens is 601 g/mol. The Morgan fingerprint density at radius 3 is 1.90 bits per heavy atom. The maximum absolute atomic E-state index is 11.0. The van der Waals surface area contributed by atoms with Crippen LogP contribution in [0.3, 0.4) is 0 Å². The molecule has 0 radical (unpaired) electrons. The number of para-hydroxylation sites is 2. The summed E-state index contributed by atoms with van der Waals surface area (Å²) in [6.07, 6.45) is 3.81. The first-order valence-electron chi connectivity index (χ1n) is 16.5. The SMILES string of the molecule is CC(C)(C)c1ccc(-n2ccnc2-n2c3ccccc3c3c(C#N)c4c5ccccc5n(-c5cccc(-c6ccccc6)c5)c4nc32)cc1. The maximum atomic E-state index is 11.0. The van der Waals surface area contributed by atoms with Gasteiger partial charge in [0.15, 0.2) is 5.65 Å². The van der Waals surface area contributed by atoms with Crippen molar-refractivity contribution in [2.75, 3.05) is 0 Å². The molecule has 5 aromatic carbocycles. The van der Waals surface area contributed by atoms with E-state index in [1.165, 1.54) is 5.56 Å². The highest BCUT2D eigenvalue weighted by molar-refractivity contribution is 6.20. The Morgan fingerprint density at radius 2 is 1.22 bits per heavy atom. The van der Waals surface area contributed by atoms with Crippen LogP contribution in [0.15, 0.2) is 140 Å². The lowest BCUT2D eigenvalue weighted by Gasteiger charge is -2.19. The van der Waals surface area contributed by atoms with E-state index in [1.54, 1.807) is 0 Å². The predicted molar refractivity (Wildman–Crippen MR) is 199 cm³/mol. The number of aromatic nitrogens is 5. The smallest absolute Gasteiger partial charge is 0.220 e. The molecule has 0 aliphatic carbocycles. The number of hydrogen-bond donors (Lipinski definition) is 0. The molecule has 6 heteroatoms. The highest BCUT2D eigenvalue weighted by Crippen LogP contribution is 2.41. The number of benzene rings is 5. The van der Waals surface area contributed by atoms with Gasteiger partial charge in [-0.25, -0.2) is 9.97 Å². The normalized spacial score (nSPS) is 12.0. The van der Waals surface area contributed by atoms with Crippen molar-refractivity contribution in [2.45, 2.75) is 26.2 Å². The highest BCUT2D eigenvalue weighted by Gasteiger charge is 2.26. The fourth-order valence-electron chi connectivity index (χ4n) is 7.20. The van der Waals surface area contributed by atoms with E-state index < -0.39 is 0 Å². The first kappa shape index (κ1) is 28.7. The van der Waals surface area contributed by atoms with E-state index in [4.69, 9.17) is 9.97 Å². The van der Waals surface area contributed by atoms with Gasteiger partial charge in [-0.15, -0.1) is 0 Å². The maximum Gasteiger partial charge on any atom is 0.220 e. The standard InChI is InChI=1S/C43H32N6/c1-43(2,3)30-20-22-31(23-21-30)47-25-24-45-42(47)49-37-19-10-8-17-34(37)39-35(27-44)38-33-16-7-9-18-36(33)48(40(38)46-41(39)49)32-15-11-14-29(26-32)28-12-5-4-6-13-28/h4-26H,1-3H3. The summed E-state index contributed by atoms with van der Waals surface area (Å²) in [5, 5.41) is 14.6.